The first-order valence-corrected chi connectivity index (χ1v) is 6.55. The van der Waals surface area contributed by atoms with E-state index in [2.05, 4.69) is 4.98 Å². The Morgan fingerprint density at radius 3 is 1.95 bits per heavy atom. The van der Waals surface area contributed by atoms with Crippen LogP contribution in [0.2, 0.25) is 0 Å². The summed E-state index contributed by atoms with van der Waals surface area (Å²) in [6.07, 6.45) is 5.35. The molecule has 0 amide bonds. The minimum atomic E-state index is 0.712. The number of nitrogens with zero attached hydrogens (tertiary/aromatic N) is 2. The predicted octanol–water partition coefficient (Wildman–Crippen LogP) is 3.58. The maximum Gasteiger partial charge on any atom is 0.162 e. The van der Waals surface area contributed by atoms with Crippen molar-refractivity contribution in [2.75, 3.05) is 14.2 Å². The monoisotopic (exact) mass is 282 g/mol. The zero-order chi connectivity index (χ0) is 14.9. The van der Waals surface area contributed by atoms with Crippen molar-refractivity contribution in [1.82, 2.24) is 9.55 Å². The number of rotatable bonds is 3. The first-order chi connectivity index (χ1) is 10.3. The summed E-state index contributed by atoms with van der Waals surface area (Å²) in [6.45, 7) is 0. The molecule has 3 rings (SSSR count). The van der Waals surface area contributed by atoms with Gasteiger partial charge in [0.25, 0.3) is 0 Å². The summed E-state index contributed by atoms with van der Waals surface area (Å²) in [5.74, 6) is 1.44. The molecule has 2 aromatic carbocycles. The molecule has 21 heavy (non-hydrogen) atoms. The maximum atomic E-state index is 5.22. The molecule has 0 bridgehead atoms. The average molecular weight is 282 g/mol. The normalized spacial score (nSPS) is 9.43. The van der Waals surface area contributed by atoms with Gasteiger partial charge in [0, 0.05) is 18.5 Å². The fourth-order valence-corrected chi connectivity index (χ4v) is 1.78. The minimum Gasteiger partial charge on any atom is -0.493 e. The molecule has 0 fully saturated rings. The van der Waals surface area contributed by atoms with Gasteiger partial charge in [0.15, 0.2) is 11.5 Å². The second kappa shape index (κ2) is 7.75. The molecule has 0 spiro atoms. The van der Waals surface area contributed by atoms with E-state index in [9.17, 15) is 0 Å². The molecule has 0 atom stereocenters. The van der Waals surface area contributed by atoms with E-state index >= 15 is 0 Å². The van der Waals surface area contributed by atoms with Crippen LogP contribution >= 0.6 is 0 Å². The SMILES string of the molecule is COc1ccc(-n2ccnc2)cc1OC.c1ccccc1. The molecule has 4 nitrogen and oxygen atoms in total. The van der Waals surface area contributed by atoms with Crippen LogP contribution in [0.15, 0.2) is 73.3 Å². The maximum absolute atomic E-state index is 5.22. The fraction of sp³-hybridized carbons (Fsp3) is 0.118. The van der Waals surface area contributed by atoms with Gasteiger partial charge in [-0.05, 0) is 12.1 Å². The van der Waals surface area contributed by atoms with Gasteiger partial charge in [0.05, 0.1) is 26.2 Å². The molecular weight excluding hydrogens is 264 g/mol. The van der Waals surface area contributed by atoms with Crippen LogP contribution in [0.25, 0.3) is 5.69 Å². The molecular formula is C17H18N2O2. The number of hydrogen-bond donors (Lipinski definition) is 0. The van der Waals surface area contributed by atoms with Crippen LogP contribution in [0, 0.1) is 0 Å². The fourth-order valence-electron chi connectivity index (χ4n) is 1.78. The molecule has 0 radical (unpaired) electrons. The highest BCUT2D eigenvalue weighted by atomic mass is 16.5. The van der Waals surface area contributed by atoms with Crippen LogP contribution in [-0.4, -0.2) is 23.8 Å². The van der Waals surface area contributed by atoms with E-state index in [0.717, 1.165) is 11.4 Å². The Kier molecular flexibility index (Phi) is 5.41. The van der Waals surface area contributed by atoms with Gasteiger partial charge in [0.1, 0.15) is 0 Å². The Labute approximate surface area is 124 Å². The third-order valence-corrected chi connectivity index (χ3v) is 2.84. The van der Waals surface area contributed by atoms with Gasteiger partial charge in [0.2, 0.25) is 0 Å². The van der Waals surface area contributed by atoms with Crippen molar-refractivity contribution in [3.63, 3.8) is 0 Å². The van der Waals surface area contributed by atoms with Crippen molar-refractivity contribution in [3.8, 4) is 17.2 Å². The number of methoxy groups -OCH3 is 2. The molecule has 4 heteroatoms. The number of hydrogen-bond acceptors (Lipinski definition) is 3. The van der Waals surface area contributed by atoms with E-state index in [1.807, 2.05) is 65.4 Å². The smallest absolute Gasteiger partial charge is 0.162 e. The highest BCUT2D eigenvalue weighted by molar-refractivity contribution is 5.48. The van der Waals surface area contributed by atoms with Crippen LogP contribution < -0.4 is 9.47 Å². The van der Waals surface area contributed by atoms with Crippen LogP contribution in [0.3, 0.4) is 0 Å². The number of aromatic nitrogens is 2. The van der Waals surface area contributed by atoms with Gasteiger partial charge in [-0.3, -0.25) is 0 Å². The first-order valence-electron chi connectivity index (χ1n) is 6.55. The van der Waals surface area contributed by atoms with Gasteiger partial charge < -0.3 is 14.0 Å². The predicted molar refractivity (Wildman–Crippen MR) is 83.1 cm³/mol. The lowest BCUT2D eigenvalue weighted by molar-refractivity contribution is 0.355. The number of ether oxygens (including phenoxy) is 2. The van der Waals surface area contributed by atoms with Gasteiger partial charge in [-0.25, -0.2) is 4.98 Å². The third-order valence-electron chi connectivity index (χ3n) is 2.84. The average Bonchev–Trinajstić information content (AvgIpc) is 3.11. The highest BCUT2D eigenvalue weighted by Gasteiger charge is 2.04. The third kappa shape index (κ3) is 4.11. The Bertz CT molecular complexity index is 610. The Balaban J connectivity index is 0.000000225. The number of benzene rings is 2. The largest absolute Gasteiger partial charge is 0.493 e. The summed E-state index contributed by atoms with van der Waals surface area (Å²) >= 11 is 0. The van der Waals surface area contributed by atoms with E-state index in [4.69, 9.17) is 9.47 Å². The molecule has 108 valence electrons. The Morgan fingerprint density at radius 2 is 1.48 bits per heavy atom. The lowest BCUT2D eigenvalue weighted by Crippen LogP contribution is -1.94. The van der Waals surface area contributed by atoms with Gasteiger partial charge in [-0.1, -0.05) is 36.4 Å². The molecule has 0 saturated heterocycles. The summed E-state index contributed by atoms with van der Waals surface area (Å²) < 4.78 is 12.3. The van der Waals surface area contributed by atoms with Crippen molar-refractivity contribution in [2.24, 2.45) is 0 Å². The quantitative estimate of drug-likeness (QED) is 0.736. The molecule has 3 aromatic rings. The Morgan fingerprint density at radius 1 is 0.857 bits per heavy atom. The van der Waals surface area contributed by atoms with Gasteiger partial charge in [-0.15, -0.1) is 0 Å². The van der Waals surface area contributed by atoms with Crippen molar-refractivity contribution in [1.29, 1.82) is 0 Å². The molecule has 0 aliphatic carbocycles. The van der Waals surface area contributed by atoms with E-state index in [-0.39, 0.29) is 0 Å². The van der Waals surface area contributed by atoms with Crippen molar-refractivity contribution >= 4 is 0 Å². The van der Waals surface area contributed by atoms with E-state index in [0.29, 0.717) is 5.75 Å². The second-order valence-electron chi connectivity index (χ2n) is 4.16. The van der Waals surface area contributed by atoms with Crippen LogP contribution in [0.5, 0.6) is 11.5 Å². The molecule has 0 N–H and O–H groups in total. The van der Waals surface area contributed by atoms with E-state index < -0.39 is 0 Å². The standard InChI is InChI=1S/C11H12N2O2.C6H6/c1-14-10-4-3-9(7-11(10)15-2)13-6-5-12-8-13;1-2-4-6-5-3-1/h3-8H,1-2H3;1-6H. The van der Waals surface area contributed by atoms with Gasteiger partial charge in [-0.2, -0.15) is 0 Å². The zero-order valence-corrected chi connectivity index (χ0v) is 12.1. The first kappa shape index (κ1) is 14.7. The van der Waals surface area contributed by atoms with Crippen molar-refractivity contribution < 1.29 is 9.47 Å². The van der Waals surface area contributed by atoms with Crippen LogP contribution in [0.1, 0.15) is 0 Å². The molecule has 1 heterocycles. The van der Waals surface area contributed by atoms with E-state index in [1.165, 1.54) is 0 Å². The van der Waals surface area contributed by atoms with Gasteiger partial charge >= 0.3 is 0 Å². The van der Waals surface area contributed by atoms with Crippen molar-refractivity contribution in [3.05, 3.63) is 73.3 Å². The molecule has 0 saturated carbocycles. The minimum absolute atomic E-state index is 0.712. The summed E-state index contributed by atoms with van der Waals surface area (Å²) in [4.78, 5) is 3.99. The highest BCUT2D eigenvalue weighted by Crippen LogP contribution is 2.28. The van der Waals surface area contributed by atoms with E-state index in [1.54, 1.807) is 26.7 Å². The lowest BCUT2D eigenvalue weighted by Gasteiger charge is -2.09. The summed E-state index contributed by atoms with van der Waals surface area (Å²) in [5.41, 5.74) is 0.991. The molecule has 0 unspecified atom stereocenters. The summed E-state index contributed by atoms with van der Waals surface area (Å²) in [7, 11) is 3.24. The summed E-state index contributed by atoms with van der Waals surface area (Å²) in [6, 6.07) is 17.7. The van der Waals surface area contributed by atoms with Crippen LogP contribution in [0.4, 0.5) is 0 Å². The number of imidazole rings is 1. The molecule has 1 aromatic heterocycles. The second-order valence-corrected chi connectivity index (χ2v) is 4.16. The summed E-state index contributed by atoms with van der Waals surface area (Å²) in [5, 5.41) is 0. The van der Waals surface area contributed by atoms with Crippen LogP contribution in [-0.2, 0) is 0 Å². The molecule has 0 aliphatic rings. The lowest BCUT2D eigenvalue weighted by atomic mass is 10.2. The zero-order valence-electron chi connectivity index (χ0n) is 12.1. The van der Waals surface area contributed by atoms with Crippen molar-refractivity contribution in [2.45, 2.75) is 0 Å². The topological polar surface area (TPSA) is 36.3 Å². The molecule has 0 aliphatic heterocycles. The Hall–Kier alpha value is -2.75.